The van der Waals surface area contributed by atoms with E-state index in [-0.39, 0.29) is 6.61 Å². The Morgan fingerprint density at radius 3 is 1.83 bits per heavy atom. The lowest BCUT2D eigenvalue weighted by Gasteiger charge is -2.42. The number of hydrogen-bond donors (Lipinski definition) is 0. The first-order valence-electron chi connectivity index (χ1n) is 8.43. The zero-order valence-electron chi connectivity index (χ0n) is 16.4. The van der Waals surface area contributed by atoms with Crippen LogP contribution in [0.4, 0.5) is 4.39 Å². The summed E-state index contributed by atoms with van der Waals surface area (Å²) >= 11 is 0. The fourth-order valence-electron chi connectivity index (χ4n) is 2.28. The maximum atomic E-state index is 15.1. The van der Waals surface area contributed by atoms with Gasteiger partial charge in [-0.2, -0.15) is 0 Å². The number of esters is 1. The maximum absolute atomic E-state index is 15.1. The van der Waals surface area contributed by atoms with Crippen molar-refractivity contribution in [3.05, 3.63) is 0 Å². The first-order chi connectivity index (χ1) is 10.6. The van der Waals surface area contributed by atoms with Gasteiger partial charge in [0.25, 0.3) is 0 Å². The van der Waals surface area contributed by atoms with Crippen molar-refractivity contribution in [3.63, 3.8) is 0 Å². The average Bonchev–Trinajstić information content (AvgIpc) is 2.32. The molecule has 1 aliphatic heterocycles. The molecular formula is C15H33FO5Si3. The highest BCUT2D eigenvalue weighted by molar-refractivity contribution is 6.70. The first-order valence-corrected chi connectivity index (χ1v) is 18.7. The van der Waals surface area contributed by atoms with Gasteiger partial charge in [-0.3, -0.25) is 0 Å². The second-order valence-electron chi connectivity index (χ2n) is 9.19. The topological polar surface area (TPSA) is 54.0 Å². The predicted molar refractivity (Wildman–Crippen MR) is 101 cm³/mol. The van der Waals surface area contributed by atoms with E-state index >= 15 is 4.39 Å². The molecule has 1 heterocycles. The molecule has 0 unspecified atom stereocenters. The quantitative estimate of drug-likeness (QED) is 0.487. The van der Waals surface area contributed by atoms with Crippen molar-refractivity contribution >= 4 is 30.9 Å². The van der Waals surface area contributed by atoms with Crippen LogP contribution in [-0.4, -0.2) is 62.0 Å². The molecule has 4 atom stereocenters. The summed E-state index contributed by atoms with van der Waals surface area (Å²) in [5, 5.41) is 0. The zero-order valence-corrected chi connectivity index (χ0v) is 19.4. The van der Waals surface area contributed by atoms with Crippen LogP contribution in [0.15, 0.2) is 0 Å². The van der Waals surface area contributed by atoms with Gasteiger partial charge < -0.3 is 18.0 Å². The Kier molecular flexibility index (Phi) is 7.02. The molecule has 0 radical (unpaired) electrons. The van der Waals surface area contributed by atoms with Crippen molar-refractivity contribution in [2.24, 2.45) is 0 Å². The van der Waals surface area contributed by atoms with Crippen LogP contribution in [-0.2, 0) is 22.8 Å². The molecule has 0 bridgehead atoms. The van der Waals surface area contributed by atoms with Gasteiger partial charge in [-0.25, -0.2) is 9.18 Å². The van der Waals surface area contributed by atoms with E-state index in [1.54, 1.807) is 0 Å². The number of ether oxygens (including phenoxy) is 1. The maximum Gasteiger partial charge on any atom is 0.337 e. The lowest BCUT2D eigenvalue weighted by molar-refractivity contribution is -0.191. The van der Waals surface area contributed by atoms with Crippen molar-refractivity contribution in [1.82, 2.24) is 0 Å². The Morgan fingerprint density at radius 2 is 1.42 bits per heavy atom. The van der Waals surface area contributed by atoms with E-state index < -0.39 is 55.4 Å². The number of alkyl halides is 1. The van der Waals surface area contributed by atoms with E-state index in [9.17, 15) is 4.79 Å². The third-order valence-corrected chi connectivity index (χ3v) is 6.09. The van der Waals surface area contributed by atoms with Gasteiger partial charge in [0.15, 0.2) is 43.3 Å². The van der Waals surface area contributed by atoms with Gasteiger partial charge in [-0.15, -0.1) is 0 Å². The van der Waals surface area contributed by atoms with Crippen LogP contribution >= 0.6 is 0 Å². The smallest absolute Gasteiger partial charge is 0.337 e. The van der Waals surface area contributed by atoms with Crippen LogP contribution in [0.25, 0.3) is 0 Å². The van der Waals surface area contributed by atoms with Crippen LogP contribution in [0.5, 0.6) is 0 Å². The summed E-state index contributed by atoms with van der Waals surface area (Å²) in [6.45, 7) is 17.9. The summed E-state index contributed by atoms with van der Waals surface area (Å²) in [5.41, 5.74) is 0. The Labute approximate surface area is 148 Å². The number of hydrogen-bond acceptors (Lipinski definition) is 5. The number of rotatable bonds is 7. The largest absolute Gasteiger partial charge is 0.455 e. The molecule has 1 rings (SSSR count). The molecule has 0 aromatic rings. The van der Waals surface area contributed by atoms with Gasteiger partial charge in [0, 0.05) is 0 Å². The Morgan fingerprint density at radius 1 is 0.917 bits per heavy atom. The lowest BCUT2D eigenvalue weighted by Crippen LogP contribution is -2.61. The molecule has 1 saturated heterocycles. The van der Waals surface area contributed by atoms with Gasteiger partial charge in [0.05, 0.1) is 6.61 Å². The molecule has 0 amide bonds. The van der Waals surface area contributed by atoms with Crippen molar-refractivity contribution in [3.8, 4) is 0 Å². The molecule has 1 fully saturated rings. The minimum atomic E-state index is -2.07. The van der Waals surface area contributed by atoms with Crippen LogP contribution in [0.1, 0.15) is 0 Å². The summed E-state index contributed by atoms with van der Waals surface area (Å²) in [7, 11) is -5.96. The van der Waals surface area contributed by atoms with E-state index in [0.29, 0.717) is 0 Å². The molecule has 142 valence electrons. The molecule has 0 aliphatic carbocycles. The average molecular weight is 397 g/mol. The second-order valence-corrected chi connectivity index (χ2v) is 22.6. The molecular weight excluding hydrogens is 363 g/mol. The summed E-state index contributed by atoms with van der Waals surface area (Å²) in [5.74, 6) is -0.543. The number of carbonyl (C=O) groups is 1. The van der Waals surface area contributed by atoms with E-state index in [2.05, 4.69) is 0 Å². The van der Waals surface area contributed by atoms with E-state index in [4.69, 9.17) is 18.0 Å². The van der Waals surface area contributed by atoms with E-state index in [0.717, 1.165) is 0 Å². The summed E-state index contributed by atoms with van der Waals surface area (Å²) in [6, 6.07) is 0. The third-order valence-electron chi connectivity index (χ3n) is 3.12. The minimum absolute atomic E-state index is 0.0633. The van der Waals surface area contributed by atoms with Gasteiger partial charge >= 0.3 is 5.97 Å². The highest BCUT2D eigenvalue weighted by atomic mass is 28.4. The molecule has 1 aliphatic rings. The van der Waals surface area contributed by atoms with Crippen LogP contribution < -0.4 is 0 Å². The van der Waals surface area contributed by atoms with Gasteiger partial charge in [0.1, 0.15) is 6.10 Å². The molecule has 24 heavy (non-hydrogen) atoms. The Bertz CT molecular complexity index is 442. The number of halogens is 1. The monoisotopic (exact) mass is 396 g/mol. The van der Waals surface area contributed by atoms with Crippen molar-refractivity contribution in [1.29, 1.82) is 0 Å². The lowest BCUT2D eigenvalue weighted by atomic mass is 10.0. The molecule has 9 heteroatoms. The van der Waals surface area contributed by atoms with E-state index in [1.807, 2.05) is 58.9 Å². The fraction of sp³-hybridized carbons (Fsp3) is 0.933. The Hall–Kier alpha value is -0.0694. The minimum Gasteiger partial charge on any atom is -0.455 e. The van der Waals surface area contributed by atoms with Gasteiger partial charge in [0.2, 0.25) is 0 Å². The number of carbonyl (C=O) groups excluding carboxylic acids is 1. The fourth-order valence-corrected chi connectivity index (χ4v) is 5.01. The third kappa shape index (κ3) is 7.44. The van der Waals surface area contributed by atoms with Crippen molar-refractivity contribution in [2.75, 3.05) is 6.61 Å². The van der Waals surface area contributed by atoms with Crippen molar-refractivity contribution in [2.45, 2.75) is 83.4 Å². The molecule has 5 nitrogen and oxygen atoms in total. The SMILES string of the molecule is C[Si](C)(C)OC[C@H]1OC(=O)[C@H](O[Si](C)(C)C)[C@@H](O[Si](C)(C)C)[C@@H]1F. The standard InChI is InChI=1S/C15H33FO5Si3/c1-22(2,3)18-10-11-12(16)13(20-23(4,5)6)14(15(17)19-11)21-24(7,8)9/h11-14H,10H2,1-9H3/t11-,12-,13+,14-/m1/s1. The molecule has 0 N–H and O–H groups in total. The summed E-state index contributed by atoms with van der Waals surface area (Å²) < 4.78 is 38.1. The predicted octanol–water partition coefficient (Wildman–Crippen LogP) is 3.54. The van der Waals surface area contributed by atoms with Gasteiger partial charge in [-0.1, -0.05) is 0 Å². The highest BCUT2D eigenvalue weighted by Crippen LogP contribution is 2.29. The molecule has 0 aromatic carbocycles. The highest BCUT2D eigenvalue weighted by Gasteiger charge is 2.50. The number of cyclic esters (lactones) is 1. The van der Waals surface area contributed by atoms with Crippen molar-refractivity contribution < 1.29 is 27.2 Å². The molecule has 0 aromatic heterocycles. The van der Waals surface area contributed by atoms with Gasteiger partial charge in [-0.05, 0) is 58.9 Å². The Balaban J connectivity index is 2.98. The molecule has 0 saturated carbocycles. The molecule has 0 spiro atoms. The zero-order chi connectivity index (χ0) is 18.9. The van der Waals surface area contributed by atoms with E-state index in [1.165, 1.54) is 0 Å². The normalized spacial score (nSPS) is 29.5. The van der Waals surface area contributed by atoms with Crippen LogP contribution in [0, 0.1) is 0 Å². The summed E-state index contributed by atoms with van der Waals surface area (Å²) in [4.78, 5) is 12.4. The first kappa shape index (κ1) is 22.0. The van der Waals surface area contributed by atoms with Crippen LogP contribution in [0.3, 0.4) is 0 Å². The second kappa shape index (κ2) is 7.67. The van der Waals surface area contributed by atoms with Crippen LogP contribution in [0.2, 0.25) is 58.9 Å². The summed E-state index contributed by atoms with van der Waals surface area (Å²) in [6.07, 6.45) is -4.32.